The highest BCUT2D eigenvalue weighted by atomic mass is 79.9. The quantitative estimate of drug-likeness (QED) is 0.879. The van der Waals surface area contributed by atoms with Gasteiger partial charge in [-0.3, -0.25) is 0 Å². The van der Waals surface area contributed by atoms with Gasteiger partial charge < -0.3 is 15.6 Å². The van der Waals surface area contributed by atoms with Crippen LogP contribution < -0.4 is 10.5 Å². The molecule has 0 aliphatic carbocycles. The minimum Gasteiger partial charge on any atom is -0.496 e. The van der Waals surface area contributed by atoms with Crippen LogP contribution in [-0.2, 0) is 0 Å². The number of halogens is 1. The van der Waals surface area contributed by atoms with E-state index in [2.05, 4.69) is 29.8 Å². The van der Waals surface area contributed by atoms with Crippen molar-refractivity contribution in [2.75, 3.05) is 13.7 Å². The summed E-state index contributed by atoms with van der Waals surface area (Å²) < 4.78 is 6.06. The van der Waals surface area contributed by atoms with Crippen molar-refractivity contribution < 1.29 is 9.84 Å². The second-order valence-corrected chi connectivity index (χ2v) is 5.36. The Morgan fingerprint density at radius 3 is 2.47 bits per heavy atom. The minimum absolute atomic E-state index is 0.0651. The Morgan fingerprint density at radius 1 is 1.41 bits per heavy atom. The van der Waals surface area contributed by atoms with Gasteiger partial charge in [0.2, 0.25) is 0 Å². The van der Waals surface area contributed by atoms with Gasteiger partial charge in [-0.25, -0.2) is 0 Å². The van der Waals surface area contributed by atoms with E-state index >= 15 is 0 Å². The molecule has 0 amide bonds. The van der Waals surface area contributed by atoms with Gasteiger partial charge in [-0.1, -0.05) is 19.9 Å². The maximum atomic E-state index is 9.38. The van der Waals surface area contributed by atoms with Gasteiger partial charge in [0.05, 0.1) is 11.6 Å². The Bertz CT molecular complexity index is 368. The lowest BCUT2D eigenvalue weighted by Crippen LogP contribution is -2.28. The standard InChI is InChI=1S/C13H20BrNO2/c1-8(2)10(7-16)13(15)9-4-5-12(17-3)11(14)6-9/h4-6,8,10,13,16H,7,15H2,1-3H3. The van der Waals surface area contributed by atoms with Gasteiger partial charge in [-0.15, -0.1) is 0 Å². The average molecular weight is 302 g/mol. The number of ether oxygens (including phenoxy) is 1. The van der Waals surface area contributed by atoms with E-state index in [1.807, 2.05) is 18.2 Å². The van der Waals surface area contributed by atoms with Gasteiger partial charge in [0, 0.05) is 18.6 Å². The van der Waals surface area contributed by atoms with E-state index in [1.54, 1.807) is 7.11 Å². The summed E-state index contributed by atoms with van der Waals surface area (Å²) in [6.07, 6.45) is 0. The predicted octanol–water partition coefficient (Wildman–Crippen LogP) is 2.72. The van der Waals surface area contributed by atoms with Gasteiger partial charge in [0.15, 0.2) is 0 Å². The fraction of sp³-hybridized carbons (Fsp3) is 0.538. The average Bonchev–Trinajstić information content (AvgIpc) is 2.29. The van der Waals surface area contributed by atoms with Crippen LogP contribution in [-0.4, -0.2) is 18.8 Å². The molecular formula is C13H20BrNO2. The lowest BCUT2D eigenvalue weighted by molar-refractivity contribution is 0.166. The van der Waals surface area contributed by atoms with E-state index in [-0.39, 0.29) is 18.6 Å². The normalized spacial score (nSPS) is 14.8. The SMILES string of the molecule is COc1ccc(C(N)C(CO)C(C)C)cc1Br. The minimum atomic E-state index is -0.165. The highest BCUT2D eigenvalue weighted by molar-refractivity contribution is 9.10. The summed E-state index contributed by atoms with van der Waals surface area (Å²) in [5.41, 5.74) is 7.19. The molecule has 0 heterocycles. The van der Waals surface area contributed by atoms with Crippen molar-refractivity contribution in [2.24, 2.45) is 17.6 Å². The van der Waals surface area contributed by atoms with Crippen molar-refractivity contribution in [1.29, 1.82) is 0 Å². The molecule has 3 N–H and O–H groups in total. The number of hydrogen-bond acceptors (Lipinski definition) is 3. The molecular weight excluding hydrogens is 282 g/mol. The molecule has 2 atom stereocenters. The van der Waals surface area contributed by atoms with E-state index in [0.717, 1.165) is 15.8 Å². The van der Waals surface area contributed by atoms with E-state index in [9.17, 15) is 5.11 Å². The van der Waals surface area contributed by atoms with Gasteiger partial charge in [0.1, 0.15) is 5.75 Å². The summed E-state index contributed by atoms with van der Waals surface area (Å²) in [4.78, 5) is 0. The van der Waals surface area contributed by atoms with Crippen molar-refractivity contribution in [3.63, 3.8) is 0 Å². The molecule has 0 bridgehead atoms. The lowest BCUT2D eigenvalue weighted by Gasteiger charge is -2.26. The molecule has 96 valence electrons. The maximum Gasteiger partial charge on any atom is 0.133 e. The fourth-order valence-corrected chi connectivity index (χ4v) is 2.43. The predicted molar refractivity (Wildman–Crippen MR) is 73.0 cm³/mol. The Balaban J connectivity index is 2.95. The van der Waals surface area contributed by atoms with E-state index < -0.39 is 0 Å². The zero-order valence-electron chi connectivity index (χ0n) is 10.5. The number of nitrogens with two attached hydrogens (primary N) is 1. The first kappa shape index (κ1) is 14.5. The Kier molecular flexibility index (Phi) is 5.43. The Hall–Kier alpha value is -0.580. The second kappa shape index (κ2) is 6.38. The molecule has 0 saturated carbocycles. The van der Waals surface area contributed by atoms with Crippen LogP contribution in [0.25, 0.3) is 0 Å². The number of aliphatic hydroxyl groups excluding tert-OH is 1. The van der Waals surface area contributed by atoms with Crippen molar-refractivity contribution >= 4 is 15.9 Å². The van der Waals surface area contributed by atoms with Crippen LogP contribution in [0.2, 0.25) is 0 Å². The topological polar surface area (TPSA) is 55.5 Å². The zero-order valence-corrected chi connectivity index (χ0v) is 12.1. The zero-order chi connectivity index (χ0) is 13.0. The van der Waals surface area contributed by atoms with Crippen LogP contribution in [0.1, 0.15) is 25.5 Å². The monoisotopic (exact) mass is 301 g/mol. The van der Waals surface area contributed by atoms with Crippen molar-refractivity contribution in [3.05, 3.63) is 28.2 Å². The van der Waals surface area contributed by atoms with Crippen LogP contribution in [0.15, 0.2) is 22.7 Å². The third-order valence-corrected chi connectivity index (χ3v) is 3.71. The number of aliphatic hydroxyl groups is 1. The van der Waals surface area contributed by atoms with E-state index in [4.69, 9.17) is 10.5 Å². The Labute approximate surface area is 111 Å². The molecule has 0 radical (unpaired) electrons. The summed E-state index contributed by atoms with van der Waals surface area (Å²) in [7, 11) is 1.63. The molecule has 1 rings (SSSR count). The van der Waals surface area contributed by atoms with Gasteiger partial charge in [-0.2, -0.15) is 0 Å². The van der Waals surface area contributed by atoms with Crippen molar-refractivity contribution in [2.45, 2.75) is 19.9 Å². The highest BCUT2D eigenvalue weighted by Crippen LogP contribution is 2.31. The molecule has 0 saturated heterocycles. The first-order chi connectivity index (χ1) is 8.01. The number of benzene rings is 1. The summed E-state index contributed by atoms with van der Waals surface area (Å²) in [6.45, 7) is 4.24. The van der Waals surface area contributed by atoms with Crippen LogP contribution in [0.5, 0.6) is 5.75 Å². The fourth-order valence-electron chi connectivity index (χ4n) is 1.88. The molecule has 1 aromatic rings. The highest BCUT2D eigenvalue weighted by Gasteiger charge is 2.22. The smallest absolute Gasteiger partial charge is 0.133 e. The van der Waals surface area contributed by atoms with Crippen LogP contribution >= 0.6 is 15.9 Å². The van der Waals surface area contributed by atoms with Gasteiger partial charge >= 0.3 is 0 Å². The summed E-state index contributed by atoms with van der Waals surface area (Å²) in [5, 5.41) is 9.38. The third-order valence-electron chi connectivity index (χ3n) is 3.09. The molecule has 0 fully saturated rings. The molecule has 0 spiro atoms. The number of hydrogen-bond donors (Lipinski definition) is 2. The molecule has 3 nitrogen and oxygen atoms in total. The van der Waals surface area contributed by atoms with Gasteiger partial charge in [-0.05, 0) is 39.5 Å². The largest absolute Gasteiger partial charge is 0.496 e. The molecule has 4 heteroatoms. The van der Waals surface area contributed by atoms with Crippen LogP contribution in [0, 0.1) is 11.8 Å². The first-order valence-corrected chi connectivity index (χ1v) is 6.50. The second-order valence-electron chi connectivity index (χ2n) is 4.51. The van der Waals surface area contributed by atoms with E-state index in [1.165, 1.54) is 0 Å². The molecule has 0 aliphatic rings. The van der Waals surface area contributed by atoms with Crippen LogP contribution in [0.4, 0.5) is 0 Å². The first-order valence-electron chi connectivity index (χ1n) is 5.71. The molecule has 0 aromatic heterocycles. The van der Waals surface area contributed by atoms with Crippen molar-refractivity contribution in [1.82, 2.24) is 0 Å². The van der Waals surface area contributed by atoms with Gasteiger partial charge in [0.25, 0.3) is 0 Å². The molecule has 1 aromatic carbocycles. The number of methoxy groups -OCH3 is 1. The number of rotatable bonds is 5. The Morgan fingerprint density at radius 2 is 2.06 bits per heavy atom. The van der Waals surface area contributed by atoms with E-state index in [0.29, 0.717) is 5.92 Å². The molecule has 2 unspecified atom stereocenters. The third kappa shape index (κ3) is 3.44. The van der Waals surface area contributed by atoms with Crippen LogP contribution in [0.3, 0.4) is 0 Å². The maximum absolute atomic E-state index is 9.38. The lowest BCUT2D eigenvalue weighted by atomic mass is 9.86. The molecule has 17 heavy (non-hydrogen) atoms. The van der Waals surface area contributed by atoms with Crippen molar-refractivity contribution in [3.8, 4) is 5.75 Å². The summed E-state index contributed by atoms with van der Waals surface area (Å²) >= 11 is 3.44. The summed E-state index contributed by atoms with van der Waals surface area (Å²) in [6, 6.07) is 5.62. The molecule has 0 aliphatic heterocycles. The summed E-state index contributed by atoms with van der Waals surface area (Å²) in [5.74, 6) is 1.19.